The van der Waals surface area contributed by atoms with E-state index in [1.165, 1.54) is 31.5 Å². The Hall–Kier alpha value is -0.860. The van der Waals surface area contributed by atoms with Gasteiger partial charge in [0.1, 0.15) is 6.54 Å². The lowest BCUT2D eigenvalue weighted by molar-refractivity contribution is -0.928. The van der Waals surface area contributed by atoms with E-state index in [0.29, 0.717) is 17.3 Å². The Balaban J connectivity index is 1.68. The van der Waals surface area contributed by atoms with E-state index in [1.807, 2.05) is 0 Å². The molecular weight excluding hydrogens is 246 g/mol. The van der Waals surface area contributed by atoms with Crippen LogP contribution in [0.4, 0.5) is 0 Å². The van der Waals surface area contributed by atoms with Crippen molar-refractivity contribution in [1.82, 2.24) is 0 Å². The van der Waals surface area contributed by atoms with Crippen molar-refractivity contribution in [2.24, 2.45) is 17.3 Å². The number of rotatable bonds is 2. The van der Waals surface area contributed by atoms with Crippen LogP contribution in [0.2, 0.25) is 0 Å². The first-order chi connectivity index (χ1) is 9.58. The monoisotopic (exact) mass is 274 g/mol. The molecule has 110 valence electrons. The van der Waals surface area contributed by atoms with Crippen LogP contribution < -0.4 is 4.90 Å². The fourth-order valence-corrected chi connectivity index (χ4v) is 4.71. The summed E-state index contributed by atoms with van der Waals surface area (Å²) >= 11 is 0. The molecule has 0 amide bonds. The maximum atomic E-state index is 10.1. The number of benzene rings is 1. The molecule has 1 saturated heterocycles. The van der Waals surface area contributed by atoms with Gasteiger partial charge in [-0.1, -0.05) is 44.2 Å². The fraction of sp³-hybridized carbons (Fsp3) is 0.667. The van der Waals surface area contributed by atoms with Crippen LogP contribution >= 0.6 is 0 Å². The summed E-state index contributed by atoms with van der Waals surface area (Å²) < 4.78 is 0. The Kier molecular flexibility index (Phi) is 3.87. The van der Waals surface area contributed by atoms with E-state index in [2.05, 4.69) is 44.2 Å². The molecule has 0 radical (unpaired) electrons. The molecule has 1 unspecified atom stereocenters. The average Bonchev–Trinajstić information content (AvgIpc) is 2.44. The van der Waals surface area contributed by atoms with Gasteiger partial charge in [0, 0.05) is 17.4 Å². The SMILES string of the molecule is C[C@@H]1[C@@H](O)CC[C@@]2(C)C[NH+](Cc3ccccc3)CC[C@@H]12. The van der Waals surface area contributed by atoms with Gasteiger partial charge in [-0.3, -0.25) is 0 Å². The number of likely N-dealkylation sites (tertiary alicyclic amines) is 1. The van der Waals surface area contributed by atoms with Crippen molar-refractivity contribution in [3.8, 4) is 0 Å². The minimum absolute atomic E-state index is 0.0660. The first-order valence-corrected chi connectivity index (χ1v) is 8.14. The third-order valence-electron chi connectivity index (χ3n) is 5.91. The number of hydrogen-bond acceptors (Lipinski definition) is 1. The molecule has 2 fully saturated rings. The molecule has 3 rings (SSSR count). The summed E-state index contributed by atoms with van der Waals surface area (Å²) in [4.78, 5) is 1.72. The summed E-state index contributed by atoms with van der Waals surface area (Å²) in [5.74, 6) is 1.19. The van der Waals surface area contributed by atoms with E-state index < -0.39 is 0 Å². The second kappa shape index (κ2) is 5.50. The Morgan fingerprint density at radius 2 is 2.00 bits per heavy atom. The minimum atomic E-state index is -0.0660. The zero-order valence-corrected chi connectivity index (χ0v) is 12.8. The molecule has 2 N–H and O–H groups in total. The molecule has 2 aliphatic rings. The molecule has 2 nitrogen and oxygen atoms in total. The second-order valence-electron chi connectivity index (χ2n) is 7.35. The molecule has 2 heteroatoms. The molecule has 20 heavy (non-hydrogen) atoms. The van der Waals surface area contributed by atoms with E-state index in [4.69, 9.17) is 0 Å². The van der Waals surface area contributed by atoms with Crippen molar-refractivity contribution in [3.63, 3.8) is 0 Å². The van der Waals surface area contributed by atoms with Crippen molar-refractivity contribution in [2.75, 3.05) is 13.1 Å². The number of piperidine rings is 1. The van der Waals surface area contributed by atoms with E-state index in [1.54, 1.807) is 4.90 Å². The van der Waals surface area contributed by atoms with Crippen molar-refractivity contribution >= 4 is 0 Å². The van der Waals surface area contributed by atoms with Gasteiger partial charge >= 0.3 is 0 Å². The number of fused-ring (bicyclic) bond motifs is 1. The van der Waals surface area contributed by atoms with Gasteiger partial charge in [0.15, 0.2) is 0 Å². The average molecular weight is 274 g/mol. The normalized spacial score (nSPS) is 41.1. The van der Waals surface area contributed by atoms with E-state index in [9.17, 15) is 5.11 Å². The lowest BCUT2D eigenvalue weighted by Crippen LogP contribution is -3.13. The Morgan fingerprint density at radius 1 is 1.25 bits per heavy atom. The van der Waals surface area contributed by atoms with Crippen LogP contribution in [0.15, 0.2) is 30.3 Å². The molecule has 1 saturated carbocycles. The van der Waals surface area contributed by atoms with Gasteiger partial charge in [-0.25, -0.2) is 0 Å². The van der Waals surface area contributed by atoms with Crippen LogP contribution in [0, 0.1) is 17.3 Å². The number of hydrogen-bond donors (Lipinski definition) is 2. The van der Waals surface area contributed by atoms with Gasteiger partial charge in [-0.2, -0.15) is 0 Å². The van der Waals surface area contributed by atoms with Crippen LogP contribution in [0.5, 0.6) is 0 Å². The van der Waals surface area contributed by atoms with Gasteiger partial charge in [-0.15, -0.1) is 0 Å². The third kappa shape index (κ3) is 2.64. The van der Waals surface area contributed by atoms with Gasteiger partial charge in [0.2, 0.25) is 0 Å². The number of aliphatic hydroxyl groups excluding tert-OH is 1. The lowest BCUT2D eigenvalue weighted by Gasteiger charge is -2.51. The van der Waals surface area contributed by atoms with Crippen molar-refractivity contribution in [3.05, 3.63) is 35.9 Å². The third-order valence-corrected chi connectivity index (χ3v) is 5.91. The largest absolute Gasteiger partial charge is 0.393 e. The summed E-state index contributed by atoms with van der Waals surface area (Å²) in [6, 6.07) is 10.9. The zero-order chi connectivity index (χ0) is 14.2. The molecule has 1 aromatic rings. The van der Waals surface area contributed by atoms with Crippen LogP contribution in [-0.2, 0) is 6.54 Å². The number of aliphatic hydroxyl groups is 1. The maximum absolute atomic E-state index is 10.1. The predicted molar refractivity (Wildman–Crippen MR) is 81.5 cm³/mol. The highest BCUT2D eigenvalue weighted by atomic mass is 16.3. The summed E-state index contributed by atoms with van der Waals surface area (Å²) in [6.45, 7) is 8.40. The van der Waals surface area contributed by atoms with E-state index >= 15 is 0 Å². The Labute approximate surface area is 122 Å². The number of nitrogens with one attached hydrogen (secondary N) is 1. The molecular formula is C18H28NO+. The first kappa shape index (κ1) is 14.1. The second-order valence-corrected chi connectivity index (χ2v) is 7.35. The molecule has 1 aliphatic heterocycles. The molecule has 1 aliphatic carbocycles. The summed E-state index contributed by atoms with van der Waals surface area (Å²) in [5, 5.41) is 10.1. The Morgan fingerprint density at radius 3 is 2.75 bits per heavy atom. The topological polar surface area (TPSA) is 24.7 Å². The molecule has 0 spiro atoms. The van der Waals surface area contributed by atoms with Crippen LogP contribution in [0.3, 0.4) is 0 Å². The standard InChI is InChI=1S/C18H27NO/c1-14-16-9-11-19(12-15-6-4-3-5-7-15)13-18(16,2)10-8-17(14)20/h3-7,14,16-17,20H,8-13H2,1-2H3/p+1/t14-,16-,17-,18-/m0/s1. The van der Waals surface area contributed by atoms with Gasteiger partial charge in [-0.05, 0) is 24.7 Å². The van der Waals surface area contributed by atoms with E-state index in [0.717, 1.165) is 13.0 Å². The highest BCUT2D eigenvalue weighted by molar-refractivity contribution is 5.13. The highest BCUT2D eigenvalue weighted by Crippen LogP contribution is 2.46. The molecule has 0 aromatic heterocycles. The Bertz CT molecular complexity index is 446. The van der Waals surface area contributed by atoms with Crippen LogP contribution in [0.25, 0.3) is 0 Å². The van der Waals surface area contributed by atoms with Crippen LogP contribution in [-0.4, -0.2) is 24.3 Å². The first-order valence-electron chi connectivity index (χ1n) is 8.14. The summed E-state index contributed by atoms with van der Waals surface area (Å²) in [6.07, 6.45) is 3.40. The molecule has 0 bridgehead atoms. The minimum Gasteiger partial charge on any atom is -0.393 e. The van der Waals surface area contributed by atoms with Crippen LogP contribution in [0.1, 0.15) is 38.7 Å². The zero-order valence-electron chi connectivity index (χ0n) is 12.8. The summed E-state index contributed by atoms with van der Waals surface area (Å²) in [5.41, 5.74) is 1.88. The molecule has 1 heterocycles. The van der Waals surface area contributed by atoms with Gasteiger partial charge < -0.3 is 10.0 Å². The maximum Gasteiger partial charge on any atom is 0.103 e. The van der Waals surface area contributed by atoms with Crippen molar-refractivity contribution in [1.29, 1.82) is 0 Å². The van der Waals surface area contributed by atoms with Crippen molar-refractivity contribution < 1.29 is 10.0 Å². The summed E-state index contributed by atoms with van der Waals surface area (Å²) in [7, 11) is 0. The van der Waals surface area contributed by atoms with E-state index in [-0.39, 0.29) is 6.10 Å². The van der Waals surface area contributed by atoms with Gasteiger partial charge in [0.05, 0.1) is 19.2 Å². The molecule has 1 aromatic carbocycles. The lowest BCUT2D eigenvalue weighted by atomic mass is 9.59. The molecule has 5 atom stereocenters. The fourth-order valence-electron chi connectivity index (χ4n) is 4.71. The number of quaternary nitrogens is 1. The van der Waals surface area contributed by atoms with Gasteiger partial charge in [0.25, 0.3) is 0 Å². The quantitative estimate of drug-likeness (QED) is 0.846. The smallest absolute Gasteiger partial charge is 0.103 e. The van der Waals surface area contributed by atoms with Crippen molar-refractivity contribution in [2.45, 2.75) is 45.8 Å². The predicted octanol–water partition coefficient (Wildman–Crippen LogP) is 1.89. The highest BCUT2D eigenvalue weighted by Gasteiger charge is 2.48.